The van der Waals surface area contributed by atoms with Gasteiger partial charge in [0.15, 0.2) is 0 Å². The third-order valence-electron chi connectivity index (χ3n) is 2.49. The van der Waals surface area contributed by atoms with E-state index in [2.05, 4.69) is 21.2 Å². The number of benzene rings is 1. The van der Waals surface area contributed by atoms with Crippen molar-refractivity contribution in [2.75, 3.05) is 11.9 Å². The molecule has 4 heteroatoms. The summed E-state index contributed by atoms with van der Waals surface area (Å²) in [6, 6.07) is 5.03. The molecule has 0 spiro atoms. The molecule has 1 aromatic carbocycles. The van der Waals surface area contributed by atoms with E-state index in [9.17, 15) is 9.90 Å². The smallest absolute Gasteiger partial charge is 0.255 e. The van der Waals surface area contributed by atoms with E-state index < -0.39 is 0 Å². The molecule has 0 atom stereocenters. The van der Waals surface area contributed by atoms with Crippen LogP contribution in [-0.4, -0.2) is 22.9 Å². The zero-order valence-electron chi connectivity index (χ0n) is 10.0. The van der Waals surface area contributed by atoms with Crippen LogP contribution in [0.1, 0.15) is 35.2 Å². The van der Waals surface area contributed by atoms with Crippen molar-refractivity contribution in [3.63, 3.8) is 0 Å². The van der Waals surface area contributed by atoms with Crippen molar-refractivity contribution >= 4 is 21.8 Å². The number of phenols is 1. The highest BCUT2D eigenvalue weighted by Gasteiger charge is 2.10. The van der Waals surface area contributed by atoms with Crippen LogP contribution in [0, 0.1) is 6.92 Å². The predicted octanol–water partition coefficient (Wildman–Crippen LogP) is 3.00. The van der Waals surface area contributed by atoms with Crippen LogP contribution in [-0.2, 0) is 0 Å². The molecule has 0 aliphatic rings. The molecule has 94 valence electrons. The molecule has 0 aliphatic heterocycles. The summed E-state index contributed by atoms with van der Waals surface area (Å²) in [6.45, 7) is 2.55. The van der Waals surface area contributed by atoms with E-state index in [1.165, 1.54) is 0 Å². The van der Waals surface area contributed by atoms with E-state index in [0.29, 0.717) is 12.1 Å². The maximum atomic E-state index is 11.8. The van der Waals surface area contributed by atoms with E-state index in [4.69, 9.17) is 0 Å². The van der Waals surface area contributed by atoms with Crippen molar-refractivity contribution in [3.05, 3.63) is 29.3 Å². The van der Waals surface area contributed by atoms with E-state index in [1.54, 1.807) is 18.2 Å². The fourth-order valence-corrected chi connectivity index (χ4v) is 1.92. The summed E-state index contributed by atoms with van der Waals surface area (Å²) in [5, 5.41) is 13.4. The Morgan fingerprint density at radius 2 is 2.12 bits per heavy atom. The molecule has 0 saturated heterocycles. The minimum atomic E-state index is -0.204. The van der Waals surface area contributed by atoms with Crippen LogP contribution < -0.4 is 5.32 Å². The van der Waals surface area contributed by atoms with Crippen LogP contribution in [0.3, 0.4) is 0 Å². The summed E-state index contributed by atoms with van der Waals surface area (Å²) in [7, 11) is 0. The van der Waals surface area contributed by atoms with Gasteiger partial charge in [-0.15, -0.1) is 0 Å². The number of hydrogen-bond donors (Lipinski definition) is 2. The Morgan fingerprint density at radius 1 is 1.35 bits per heavy atom. The fraction of sp³-hybridized carbons (Fsp3) is 0.462. The molecule has 2 N–H and O–H groups in total. The molecule has 0 fully saturated rings. The van der Waals surface area contributed by atoms with Gasteiger partial charge >= 0.3 is 0 Å². The Labute approximate surface area is 110 Å². The molecule has 1 amide bonds. The van der Waals surface area contributed by atoms with E-state index >= 15 is 0 Å². The number of halogens is 1. The molecule has 1 aromatic rings. The van der Waals surface area contributed by atoms with Crippen LogP contribution in [0.15, 0.2) is 18.2 Å². The lowest BCUT2D eigenvalue weighted by Crippen LogP contribution is -2.24. The van der Waals surface area contributed by atoms with Crippen molar-refractivity contribution in [1.82, 2.24) is 5.32 Å². The van der Waals surface area contributed by atoms with Gasteiger partial charge in [0.25, 0.3) is 5.91 Å². The second-order valence-corrected chi connectivity index (χ2v) is 4.82. The highest BCUT2D eigenvalue weighted by molar-refractivity contribution is 9.09. The minimum Gasteiger partial charge on any atom is -0.507 e. The first-order chi connectivity index (χ1) is 8.15. The standard InChI is InChI=1S/C13H18BrNO2/c1-10-5-6-12(16)11(9-10)13(17)15-8-4-2-3-7-14/h5-6,9,16H,2-4,7-8H2,1H3,(H,15,17). The zero-order chi connectivity index (χ0) is 12.7. The van der Waals surface area contributed by atoms with Gasteiger partial charge in [0, 0.05) is 11.9 Å². The van der Waals surface area contributed by atoms with Gasteiger partial charge in [-0.1, -0.05) is 34.0 Å². The van der Waals surface area contributed by atoms with E-state index in [-0.39, 0.29) is 11.7 Å². The number of alkyl halides is 1. The van der Waals surface area contributed by atoms with Gasteiger partial charge in [-0.2, -0.15) is 0 Å². The maximum absolute atomic E-state index is 11.8. The van der Waals surface area contributed by atoms with Crippen molar-refractivity contribution in [2.24, 2.45) is 0 Å². The van der Waals surface area contributed by atoms with Gasteiger partial charge in [0.1, 0.15) is 5.75 Å². The first-order valence-electron chi connectivity index (χ1n) is 5.79. The summed E-state index contributed by atoms with van der Waals surface area (Å²) < 4.78 is 0. The van der Waals surface area contributed by atoms with Crippen molar-refractivity contribution in [3.8, 4) is 5.75 Å². The Balaban J connectivity index is 2.44. The third kappa shape index (κ3) is 4.77. The zero-order valence-corrected chi connectivity index (χ0v) is 11.6. The molecule has 0 unspecified atom stereocenters. The normalized spacial score (nSPS) is 10.2. The SMILES string of the molecule is Cc1ccc(O)c(C(=O)NCCCCCBr)c1. The highest BCUT2D eigenvalue weighted by atomic mass is 79.9. The number of aryl methyl sites for hydroxylation is 1. The predicted molar refractivity (Wildman–Crippen MR) is 72.8 cm³/mol. The number of nitrogens with one attached hydrogen (secondary N) is 1. The summed E-state index contributed by atoms with van der Waals surface area (Å²) in [6.07, 6.45) is 3.17. The fourth-order valence-electron chi connectivity index (χ4n) is 1.53. The molecule has 1 rings (SSSR count). The second kappa shape index (κ2) is 7.33. The molecule has 0 aromatic heterocycles. The average Bonchev–Trinajstić information content (AvgIpc) is 2.32. The number of carbonyl (C=O) groups excluding carboxylic acids is 1. The molecule has 0 radical (unpaired) electrons. The quantitative estimate of drug-likeness (QED) is 0.627. The monoisotopic (exact) mass is 299 g/mol. The van der Waals surface area contributed by atoms with Crippen LogP contribution in [0.5, 0.6) is 5.75 Å². The lowest BCUT2D eigenvalue weighted by molar-refractivity contribution is 0.0950. The highest BCUT2D eigenvalue weighted by Crippen LogP contribution is 2.17. The Bertz CT molecular complexity index is 380. The van der Waals surface area contributed by atoms with Crippen LogP contribution >= 0.6 is 15.9 Å². The van der Waals surface area contributed by atoms with E-state index in [1.807, 2.05) is 6.92 Å². The van der Waals surface area contributed by atoms with Crippen LogP contribution in [0.4, 0.5) is 0 Å². The molecule has 0 saturated carbocycles. The number of aromatic hydroxyl groups is 1. The van der Waals surface area contributed by atoms with Gasteiger partial charge in [-0.25, -0.2) is 0 Å². The molecule has 17 heavy (non-hydrogen) atoms. The lowest BCUT2D eigenvalue weighted by atomic mass is 10.1. The Kier molecular flexibility index (Phi) is 6.05. The summed E-state index contributed by atoms with van der Waals surface area (Å²) >= 11 is 3.36. The van der Waals surface area contributed by atoms with Gasteiger partial charge in [-0.05, 0) is 31.9 Å². The Hall–Kier alpha value is -1.03. The van der Waals surface area contributed by atoms with Crippen molar-refractivity contribution in [2.45, 2.75) is 26.2 Å². The van der Waals surface area contributed by atoms with Gasteiger partial charge in [0.05, 0.1) is 5.56 Å². The topological polar surface area (TPSA) is 49.3 Å². The van der Waals surface area contributed by atoms with Gasteiger partial charge in [0.2, 0.25) is 0 Å². The van der Waals surface area contributed by atoms with Crippen LogP contribution in [0.25, 0.3) is 0 Å². The summed E-state index contributed by atoms with van der Waals surface area (Å²) in [4.78, 5) is 11.8. The number of hydrogen-bond acceptors (Lipinski definition) is 2. The number of rotatable bonds is 6. The number of unbranched alkanes of at least 4 members (excludes halogenated alkanes) is 2. The van der Waals surface area contributed by atoms with Crippen molar-refractivity contribution in [1.29, 1.82) is 0 Å². The molecular weight excluding hydrogens is 282 g/mol. The largest absolute Gasteiger partial charge is 0.507 e. The molecular formula is C13H18BrNO2. The van der Waals surface area contributed by atoms with Crippen LogP contribution in [0.2, 0.25) is 0 Å². The molecule has 0 aliphatic carbocycles. The first-order valence-corrected chi connectivity index (χ1v) is 6.91. The minimum absolute atomic E-state index is 0.0357. The first kappa shape index (κ1) is 14.0. The third-order valence-corrected chi connectivity index (χ3v) is 3.05. The number of amides is 1. The summed E-state index contributed by atoms with van der Waals surface area (Å²) in [5.41, 5.74) is 1.32. The van der Waals surface area contributed by atoms with Gasteiger partial charge < -0.3 is 10.4 Å². The number of phenolic OH excluding ortho intramolecular Hbond substituents is 1. The molecule has 0 heterocycles. The summed E-state index contributed by atoms with van der Waals surface area (Å²) in [5.74, 6) is -0.168. The maximum Gasteiger partial charge on any atom is 0.255 e. The second-order valence-electron chi connectivity index (χ2n) is 4.03. The number of carbonyl (C=O) groups is 1. The average molecular weight is 300 g/mol. The molecule has 0 bridgehead atoms. The lowest BCUT2D eigenvalue weighted by Gasteiger charge is -2.07. The Morgan fingerprint density at radius 3 is 2.82 bits per heavy atom. The van der Waals surface area contributed by atoms with E-state index in [0.717, 1.165) is 30.2 Å². The molecule has 3 nitrogen and oxygen atoms in total. The van der Waals surface area contributed by atoms with Crippen molar-refractivity contribution < 1.29 is 9.90 Å². The van der Waals surface area contributed by atoms with Gasteiger partial charge in [-0.3, -0.25) is 4.79 Å².